The number of rotatable bonds is 7. The van der Waals surface area contributed by atoms with Gasteiger partial charge in [0.05, 0.1) is 12.7 Å². The number of benzene rings is 2. The molecule has 8 heteroatoms. The van der Waals surface area contributed by atoms with Gasteiger partial charge in [0.1, 0.15) is 17.9 Å². The van der Waals surface area contributed by atoms with Gasteiger partial charge in [-0.3, -0.25) is 0 Å². The number of ether oxygens (including phenoxy) is 3. The Morgan fingerprint density at radius 2 is 1.75 bits per heavy atom. The first-order valence-electron chi connectivity index (χ1n) is 8.19. The molecule has 3 rings (SSSR count). The van der Waals surface area contributed by atoms with Crippen LogP contribution in [0.25, 0.3) is 11.0 Å². The van der Waals surface area contributed by atoms with E-state index in [4.69, 9.17) is 19.0 Å². The molecule has 0 saturated carbocycles. The smallest absolute Gasteiger partial charge is 0.373 e. The fourth-order valence-electron chi connectivity index (χ4n) is 2.45. The number of carbonyl (C=O) groups is 3. The van der Waals surface area contributed by atoms with E-state index in [-0.39, 0.29) is 12.4 Å². The summed E-state index contributed by atoms with van der Waals surface area (Å²) in [5, 5.41) is 9.26. The van der Waals surface area contributed by atoms with E-state index in [2.05, 4.69) is 4.74 Å². The number of esters is 2. The second-order valence-electron chi connectivity index (χ2n) is 5.76. The molecule has 0 amide bonds. The lowest BCUT2D eigenvalue weighted by atomic mass is 10.1. The maximum absolute atomic E-state index is 12.2. The van der Waals surface area contributed by atoms with Crippen molar-refractivity contribution in [2.75, 3.05) is 13.7 Å². The number of aliphatic carboxylic acids is 1. The zero-order chi connectivity index (χ0) is 20.1. The molecular weight excluding hydrogens is 368 g/mol. The average molecular weight is 384 g/mol. The van der Waals surface area contributed by atoms with Crippen LogP contribution in [0.2, 0.25) is 0 Å². The zero-order valence-electron chi connectivity index (χ0n) is 14.8. The number of furan rings is 1. The normalized spacial score (nSPS) is 10.5. The van der Waals surface area contributed by atoms with Gasteiger partial charge in [0.2, 0.25) is 5.76 Å². The van der Waals surface area contributed by atoms with Crippen molar-refractivity contribution in [2.45, 2.75) is 6.61 Å². The second-order valence-corrected chi connectivity index (χ2v) is 5.76. The summed E-state index contributed by atoms with van der Waals surface area (Å²) in [7, 11) is 1.27. The van der Waals surface area contributed by atoms with Crippen LogP contribution in [0, 0.1) is 0 Å². The van der Waals surface area contributed by atoms with Crippen molar-refractivity contribution < 1.29 is 38.1 Å². The molecule has 0 aliphatic rings. The summed E-state index contributed by atoms with van der Waals surface area (Å²) in [6.45, 7) is -0.428. The van der Waals surface area contributed by atoms with Crippen LogP contribution in [0.4, 0.5) is 0 Å². The monoisotopic (exact) mass is 384 g/mol. The third kappa shape index (κ3) is 4.47. The van der Waals surface area contributed by atoms with Gasteiger partial charge in [0.15, 0.2) is 6.61 Å². The van der Waals surface area contributed by atoms with Crippen LogP contribution in [-0.4, -0.2) is 36.7 Å². The van der Waals surface area contributed by atoms with E-state index in [0.717, 1.165) is 5.56 Å². The molecule has 0 saturated heterocycles. The number of carboxylic acid groups (broad SMARTS) is 1. The zero-order valence-corrected chi connectivity index (χ0v) is 14.8. The first-order chi connectivity index (χ1) is 13.5. The Hall–Kier alpha value is -3.81. The molecule has 1 aromatic heterocycles. The van der Waals surface area contributed by atoms with Crippen molar-refractivity contribution in [3.8, 4) is 5.75 Å². The van der Waals surface area contributed by atoms with E-state index < -0.39 is 24.5 Å². The average Bonchev–Trinajstić information content (AvgIpc) is 3.13. The molecule has 0 bridgehead atoms. The largest absolute Gasteiger partial charge is 0.482 e. The molecule has 0 fully saturated rings. The molecule has 1 N–H and O–H groups in total. The van der Waals surface area contributed by atoms with Gasteiger partial charge in [-0.25, -0.2) is 14.4 Å². The standard InChI is InChI=1S/C20H16O8/c1-25-20(24)17-9-14-8-12(2-7-16(14)28-17)10-27-19(23)13-3-5-15(6-4-13)26-11-18(21)22/h2-9H,10-11H2,1H3,(H,21,22). The highest BCUT2D eigenvalue weighted by atomic mass is 16.5. The number of hydrogen-bond acceptors (Lipinski definition) is 7. The molecule has 0 aliphatic carbocycles. The summed E-state index contributed by atoms with van der Waals surface area (Å²) in [5.74, 6) is -1.76. The number of methoxy groups -OCH3 is 1. The van der Waals surface area contributed by atoms with Crippen LogP contribution in [-0.2, 0) is 20.9 Å². The van der Waals surface area contributed by atoms with E-state index in [1.165, 1.54) is 31.4 Å². The molecule has 144 valence electrons. The second kappa shape index (κ2) is 8.26. The maximum Gasteiger partial charge on any atom is 0.373 e. The molecule has 8 nitrogen and oxygen atoms in total. The highest BCUT2D eigenvalue weighted by molar-refractivity contribution is 5.92. The van der Waals surface area contributed by atoms with Gasteiger partial charge in [0, 0.05) is 5.39 Å². The van der Waals surface area contributed by atoms with E-state index in [0.29, 0.717) is 22.3 Å². The summed E-state index contributed by atoms with van der Waals surface area (Å²) in [6.07, 6.45) is 0. The van der Waals surface area contributed by atoms with E-state index in [9.17, 15) is 14.4 Å². The Bertz CT molecular complexity index is 1020. The van der Waals surface area contributed by atoms with Gasteiger partial charge < -0.3 is 23.7 Å². The summed E-state index contributed by atoms with van der Waals surface area (Å²) in [6, 6.07) is 12.7. The van der Waals surface area contributed by atoms with Crippen LogP contribution >= 0.6 is 0 Å². The summed E-state index contributed by atoms with van der Waals surface area (Å²) >= 11 is 0. The summed E-state index contributed by atoms with van der Waals surface area (Å²) < 4.78 is 20.3. The van der Waals surface area contributed by atoms with Crippen LogP contribution in [0.1, 0.15) is 26.5 Å². The summed E-state index contributed by atoms with van der Waals surface area (Å²) in [4.78, 5) is 34.1. The maximum atomic E-state index is 12.2. The highest BCUT2D eigenvalue weighted by Gasteiger charge is 2.13. The van der Waals surface area contributed by atoms with E-state index in [1.54, 1.807) is 24.3 Å². The van der Waals surface area contributed by atoms with E-state index >= 15 is 0 Å². The Morgan fingerprint density at radius 1 is 1.00 bits per heavy atom. The molecule has 0 radical (unpaired) electrons. The van der Waals surface area contributed by atoms with Gasteiger partial charge in [0.25, 0.3) is 0 Å². The molecule has 0 unspecified atom stereocenters. The molecule has 1 heterocycles. The first kappa shape index (κ1) is 19.0. The van der Waals surface area contributed by atoms with Crippen molar-refractivity contribution >= 4 is 28.9 Å². The fraction of sp³-hybridized carbons (Fsp3) is 0.150. The van der Waals surface area contributed by atoms with Gasteiger partial charge >= 0.3 is 17.9 Å². The first-order valence-corrected chi connectivity index (χ1v) is 8.19. The fourth-order valence-corrected chi connectivity index (χ4v) is 2.45. The van der Waals surface area contributed by atoms with Crippen molar-refractivity contribution in [3.63, 3.8) is 0 Å². The third-order valence-corrected chi connectivity index (χ3v) is 3.79. The SMILES string of the molecule is COC(=O)c1cc2cc(COC(=O)c3ccc(OCC(=O)O)cc3)ccc2o1. The Balaban J connectivity index is 1.62. The topological polar surface area (TPSA) is 112 Å². The minimum atomic E-state index is -1.09. The number of hydrogen-bond donors (Lipinski definition) is 1. The molecule has 0 spiro atoms. The van der Waals surface area contributed by atoms with Crippen LogP contribution in [0.3, 0.4) is 0 Å². The Labute approximate surface area is 159 Å². The molecule has 2 aromatic carbocycles. The van der Waals surface area contributed by atoms with Crippen molar-refractivity contribution in [1.29, 1.82) is 0 Å². The Morgan fingerprint density at radius 3 is 2.43 bits per heavy atom. The van der Waals surface area contributed by atoms with E-state index in [1.807, 2.05) is 0 Å². The van der Waals surface area contributed by atoms with Gasteiger partial charge in [-0.2, -0.15) is 0 Å². The van der Waals surface area contributed by atoms with Crippen molar-refractivity contribution in [2.24, 2.45) is 0 Å². The van der Waals surface area contributed by atoms with Gasteiger partial charge in [-0.05, 0) is 48.0 Å². The molecule has 28 heavy (non-hydrogen) atoms. The van der Waals surface area contributed by atoms with Gasteiger partial charge in [-0.15, -0.1) is 0 Å². The minimum absolute atomic E-state index is 0.0325. The van der Waals surface area contributed by atoms with Crippen LogP contribution in [0.15, 0.2) is 52.9 Å². The lowest BCUT2D eigenvalue weighted by molar-refractivity contribution is -0.139. The van der Waals surface area contributed by atoms with Crippen LogP contribution < -0.4 is 4.74 Å². The molecule has 0 atom stereocenters. The summed E-state index contributed by atoms with van der Waals surface area (Å²) in [5.41, 5.74) is 1.55. The molecular formula is C20H16O8. The quantitative estimate of drug-likeness (QED) is 0.619. The number of carbonyl (C=O) groups excluding carboxylic acids is 2. The lowest BCUT2D eigenvalue weighted by Crippen LogP contribution is -2.09. The van der Waals surface area contributed by atoms with Crippen LogP contribution in [0.5, 0.6) is 5.75 Å². The highest BCUT2D eigenvalue weighted by Crippen LogP contribution is 2.22. The third-order valence-electron chi connectivity index (χ3n) is 3.79. The molecule has 3 aromatic rings. The number of carboxylic acids is 1. The Kier molecular flexibility index (Phi) is 5.59. The minimum Gasteiger partial charge on any atom is -0.482 e. The lowest BCUT2D eigenvalue weighted by Gasteiger charge is -2.07. The predicted molar refractivity (Wildman–Crippen MR) is 96.2 cm³/mol. The predicted octanol–water partition coefficient (Wildman–Crippen LogP) is 3.04. The van der Waals surface area contributed by atoms with Crippen molar-refractivity contribution in [1.82, 2.24) is 0 Å². The number of fused-ring (bicyclic) bond motifs is 1. The van der Waals surface area contributed by atoms with Crippen molar-refractivity contribution in [3.05, 3.63) is 65.4 Å². The van der Waals surface area contributed by atoms with Gasteiger partial charge in [-0.1, -0.05) is 6.07 Å². The molecule has 0 aliphatic heterocycles.